The van der Waals surface area contributed by atoms with E-state index < -0.39 is 12.0 Å². The average molecular weight is 316 g/mol. The van der Waals surface area contributed by atoms with Crippen molar-refractivity contribution in [1.82, 2.24) is 10.3 Å². The van der Waals surface area contributed by atoms with Crippen LogP contribution in [0.25, 0.3) is 0 Å². The van der Waals surface area contributed by atoms with E-state index >= 15 is 0 Å². The second-order valence-electron chi connectivity index (χ2n) is 5.32. The molecule has 0 spiro atoms. The first-order chi connectivity index (χ1) is 11.0. The Morgan fingerprint density at radius 2 is 2.00 bits per heavy atom. The molecule has 0 unspecified atom stereocenters. The van der Waals surface area contributed by atoms with Gasteiger partial charge in [-0.25, -0.2) is 0 Å². The van der Waals surface area contributed by atoms with Gasteiger partial charge in [-0.2, -0.15) is 0 Å². The summed E-state index contributed by atoms with van der Waals surface area (Å²) in [6.07, 6.45) is 1.81. The van der Waals surface area contributed by atoms with Crippen molar-refractivity contribution in [3.8, 4) is 5.75 Å². The third-order valence-electron chi connectivity index (χ3n) is 3.71. The molecule has 0 bridgehead atoms. The number of aliphatic hydroxyl groups is 1. The number of hydrogen-bond acceptors (Lipinski definition) is 5. The molecule has 4 N–H and O–H groups in total. The van der Waals surface area contributed by atoms with Gasteiger partial charge in [0, 0.05) is 23.9 Å². The summed E-state index contributed by atoms with van der Waals surface area (Å²) in [5.74, 6) is -0.988. The molecule has 0 amide bonds. The van der Waals surface area contributed by atoms with Crippen LogP contribution in [0.4, 0.5) is 0 Å². The number of carboxylic acids is 1. The number of pyridine rings is 1. The maximum atomic E-state index is 11.4. The van der Waals surface area contributed by atoms with E-state index in [-0.39, 0.29) is 18.9 Å². The molecule has 0 radical (unpaired) electrons. The van der Waals surface area contributed by atoms with Crippen molar-refractivity contribution in [2.24, 2.45) is 0 Å². The van der Waals surface area contributed by atoms with Crippen molar-refractivity contribution in [3.05, 3.63) is 58.9 Å². The topological polar surface area (TPSA) is 103 Å². The molecule has 0 aliphatic rings. The lowest BCUT2D eigenvalue weighted by atomic mass is 10.0. The standard InChI is InChI=1S/C17H20N2O4/c1-11-16(21)14(13(10-20)8-18-11)9-19-15(17(22)23)7-12-5-3-2-4-6-12/h2-6,8,15,19-21H,7,9-10H2,1H3,(H,22,23)/t15-/m1/s1. The molecule has 0 aliphatic carbocycles. The summed E-state index contributed by atoms with van der Waals surface area (Å²) in [6.45, 7) is 1.52. The van der Waals surface area contributed by atoms with Crippen LogP contribution in [0.2, 0.25) is 0 Å². The molecule has 0 aliphatic heterocycles. The highest BCUT2D eigenvalue weighted by atomic mass is 16.4. The maximum Gasteiger partial charge on any atom is 0.321 e. The molecule has 6 heteroatoms. The largest absolute Gasteiger partial charge is 0.506 e. The molecule has 1 atom stereocenters. The highest BCUT2D eigenvalue weighted by Crippen LogP contribution is 2.23. The number of nitrogens with one attached hydrogen (secondary N) is 1. The predicted molar refractivity (Wildman–Crippen MR) is 85.0 cm³/mol. The molecule has 122 valence electrons. The van der Waals surface area contributed by atoms with E-state index in [1.54, 1.807) is 6.92 Å². The molecule has 1 heterocycles. The van der Waals surface area contributed by atoms with Gasteiger partial charge in [0.1, 0.15) is 11.8 Å². The van der Waals surface area contributed by atoms with Crippen LogP contribution in [0.1, 0.15) is 22.4 Å². The van der Waals surface area contributed by atoms with E-state index in [4.69, 9.17) is 0 Å². The summed E-state index contributed by atoms with van der Waals surface area (Å²) in [5.41, 5.74) is 2.29. The summed E-state index contributed by atoms with van der Waals surface area (Å²) in [4.78, 5) is 15.4. The fraction of sp³-hybridized carbons (Fsp3) is 0.294. The van der Waals surface area contributed by atoms with E-state index in [2.05, 4.69) is 10.3 Å². The SMILES string of the molecule is Cc1ncc(CO)c(CN[C@H](Cc2ccccc2)C(=O)O)c1O. The number of hydrogen-bond donors (Lipinski definition) is 4. The number of rotatable bonds is 7. The Kier molecular flexibility index (Phi) is 5.67. The van der Waals surface area contributed by atoms with E-state index in [1.807, 2.05) is 30.3 Å². The molecule has 0 saturated heterocycles. The lowest BCUT2D eigenvalue weighted by Crippen LogP contribution is -2.38. The quantitative estimate of drug-likeness (QED) is 0.615. The Hall–Kier alpha value is -2.44. The molecule has 0 fully saturated rings. The summed E-state index contributed by atoms with van der Waals surface area (Å²) in [7, 11) is 0. The van der Waals surface area contributed by atoms with Crippen molar-refractivity contribution in [2.75, 3.05) is 0 Å². The Balaban J connectivity index is 2.13. The number of aliphatic carboxylic acids is 1. The van der Waals surface area contributed by atoms with Crippen LogP contribution < -0.4 is 5.32 Å². The lowest BCUT2D eigenvalue weighted by Gasteiger charge is -2.17. The monoisotopic (exact) mass is 316 g/mol. The van der Waals surface area contributed by atoms with Crippen molar-refractivity contribution in [2.45, 2.75) is 32.5 Å². The van der Waals surface area contributed by atoms with Gasteiger partial charge in [0.15, 0.2) is 0 Å². The molecule has 6 nitrogen and oxygen atoms in total. The van der Waals surface area contributed by atoms with Crippen LogP contribution in [-0.4, -0.2) is 32.3 Å². The number of aromatic nitrogens is 1. The molecular formula is C17H20N2O4. The summed E-state index contributed by atoms with van der Waals surface area (Å²) in [6, 6.07) is 8.52. The van der Waals surface area contributed by atoms with Gasteiger partial charge in [0.25, 0.3) is 0 Å². The van der Waals surface area contributed by atoms with Crippen LogP contribution in [0.15, 0.2) is 36.5 Å². The number of aromatic hydroxyl groups is 1. The minimum absolute atomic E-state index is 0.0205. The van der Waals surface area contributed by atoms with Gasteiger partial charge in [-0.1, -0.05) is 30.3 Å². The Bertz CT molecular complexity index is 674. The van der Waals surface area contributed by atoms with E-state index in [0.717, 1.165) is 5.56 Å². The molecule has 2 aromatic rings. The first kappa shape index (κ1) is 16.9. The average Bonchev–Trinajstić information content (AvgIpc) is 2.55. The molecule has 1 aromatic heterocycles. The van der Waals surface area contributed by atoms with Crippen molar-refractivity contribution in [3.63, 3.8) is 0 Å². The van der Waals surface area contributed by atoms with Gasteiger partial charge in [0.2, 0.25) is 0 Å². The normalized spacial score (nSPS) is 12.1. The minimum atomic E-state index is -0.968. The second kappa shape index (κ2) is 7.71. The fourth-order valence-electron chi connectivity index (χ4n) is 2.34. The molecule has 1 aromatic carbocycles. The number of nitrogens with zero attached hydrogens (tertiary/aromatic N) is 1. The number of benzene rings is 1. The summed E-state index contributed by atoms with van der Waals surface area (Å²) in [5, 5.41) is 31.7. The zero-order valence-corrected chi connectivity index (χ0v) is 12.9. The van der Waals surface area contributed by atoms with Gasteiger partial charge >= 0.3 is 5.97 Å². The third-order valence-corrected chi connectivity index (χ3v) is 3.71. The van der Waals surface area contributed by atoms with Crippen LogP contribution in [-0.2, 0) is 24.4 Å². The number of carbonyl (C=O) groups is 1. The predicted octanol–water partition coefficient (Wildman–Crippen LogP) is 1.37. The van der Waals surface area contributed by atoms with Gasteiger partial charge in [0.05, 0.1) is 12.3 Å². The number of carboxylic acid groups (broad SMARTS) is 1. The smallest absolute Gasteiger partial charge is 0.321 e. The molecule has 0 saturated carbocycles. The van der Waals surface area contributed by atoms with Crippen molar-refractivity contribution in [1.29, 1.82) is 0 Å². The van der Waals surface area contributed by atoms with Crippen LogP contribution in [0, 0.1) is 6.92 Å². The first-order valence-corrected chi connectivity index (χ1v) is 7.30. The molecular weight excluding hydrogens is 296 g/mol. The van der Waals surface area contributed by atoms with E-state index in [9.17, 15) is 20.1 Å². The maximum absolute atomic E-state index is 11.4. The highest BCUT2D eigenvalue weighted by molar-refractivity contribution is 5.74. The molecule has 2 rings (SSSR count). The minimum Gasteiger partial charge on any atom is -0.506 e. The number of aryl methyl sites for hydroxylation is 1. The second-order valence-corrected chi connectivity index (χ2v) is 5.32. The van der Waals surface area contributed by atoms with Gasteiger partial charge in [-0.05, 0) is 18.9 Å². The van der Waals surface area contributed by atoms with Crippen LogP contribution in [0.5, 0.6) is 5.75 Å². The Labute approximate surface area is 134 Å². The summed E-state index contributed by atoms with van der Waals surface area (Å²) >= 11 is 0. The zero-order valence-electron chi connectivity index (χ0n) is 12.9. The van der Waals surface area contributed by atoms with Gasteiger partial charge < -0.3 is 15.3 Å². The van der Waals surface area contributed by atoms with Crippen molar-refractivity contribution >= 4 is 5.97 Å². The van der Waals surface area contributed by atoms with Crippen molar-refractivity contribution < 1.29 is 20.1 Å². The Morgan fingerprint density at radius 3 is 2.61 bits per heavy atom. The lowest BCUT2D eigenvalue weighted by molar-refractivity contribution is -0.139. The molecule has 23 heavy (non-hydrogen) atoms. The zero-order chi connectivity index (χ0) is 16.8. The first-order valence-electron chi connectivity index (χ1n) is 7.30. The van der Waals surface area contributed by atoms with Crippen LogP contribution >= 0.6 is 0 Å². The highest BCUT2D eigenvalue weighted by Gasteiger charge is 2.19. The van der Waals surface area contributed by atoms with E-state index in [0.29, 0.717) is 23.2 Å². The number of aliphatic hydroxyl groups excluding tert-OH is 1. The third kappa shape index (κ3) is 4.28. The summed E-state index contributed by atoms with van der Waals surface area (Å²) < 4.78 is 0. The van der Waals surface area contributed by atoms with Gasteiger partial charge in [-0.15, -0.1) is 0 Å². The van der Waals surface area contributed by atoms with Crippen LogP contribution in [0.3, 0.4) is 0 Å². The fourth-order valence-corrected chi connectivity index (χ4v) is 2.34. The van der Waals surface area contributed by atoms with E-state index in [1.165, 1.54) is 6.20 Å². The Morgan fingerprint density at radius 1 is 1.30 bits per heavy atom. The van der Waals surface area contributed by atoms with Gasteiger partial charge in [-0.3, -0.25) is 15.1 Å².